The molecule has 0 bridgehead atoms. The molecule has 100 valence electrons. The molecule has 0 aliphatic heterocycles. The standard InChI is InChI=1S/C15H16BrNOS/c1-2-8-18-14-6-4-3-5-12(14)10-17-11-15-13(16)7-9-19-15/h2-7,9,17H,1,8,10-11H2. The van der Waals surface area contributed by atoms with E-state index >= 15 is 0 Å². The summed E-state index contributed by atoms with van der Waals surface area (Å²) in [5.41, 5.74) is 1.16. The van der Waals surface area contributed by atoms with Gasteiger partial charge in [0.2, 0.25) is 0 Å². The zero-order valence-corrected chi connectivity index (χ0v) is 13.0. The summed E-state index contributed by atoms with van der Waals surface area (Å²) in [4.78, 5) is 1.31. The normalized spacial score (nSPS) is 10.4. The molecule has 2 aromatic rings. The lowest BCUT2D eigenvalue weighted by Gasteiger charge is -2.10. The summed E-state index contributed by atoms with van der Waals surface area (Å²) >= 11 is 5.28. The van der Waals surface area contributed by atoms with Crippen molar-refractivity contribution in [1.82, 2.24) is 5.32 Å². The van der Waals surface area contributed by atoms with Crippen LogP contribution >= 0.6 is 27.3 Å². The first-order valence-corrected chi connectivity index (χ1v) is 7.72. The van der Waals surface area contributed by atoms with Crippen molar-refractivity contribution in [3.05, 3.63) is 63.3 Å². The summed E-state index contributed by atoms with van der Waals surface area (Å²) < 4.78 is 6.80. The van der Waals surface area contributed by atoms with Crippen LogP contribution in [0, 0.1) is 0 Å². The fourth-order valence-corrected chi connectivity index (χ4v) is 3.16. The van der Waals surface area contributed by atoms with E-state index in [1.807, 2.05) is 18.2 Å². The molecule has 0 fully saturated rings. The number of thiophene rings is 1. The van der Waals surface area contributed by atoms with Gasteiger partial charge in [-0.15, -0.1) is 11.3 Å². The van der Waals surface area contributed by atoms with Crippen LogP contribution in [-0.4, -0.2) is 6.61 Å². The van der Waals surface area contributed by atoms with Gasteiger partial charge in [-0.05, 0) is 33.4 Å². The lowest BCUT2D eigenvalue weighted by molar-refractivity contribution is 0.358. The first kappa shape index (κ1) is 14.3. The molecular formula is C15H16BrNOS. The number of nitrogens with one attached hydrogen (secondary N) is 1. The van der Waals surface area contributed by atoms with Gasteiger partial charge in [0.05, 0.1) is 0 Å². The van der Waals surface area contributed by atoms with E-state index in [0.29, 0.717) is 6.61 Å². The van der Waals surface area contributed by atoms with Crippen molar-refractivity contribution in [2.75, 3.05) is 6.61 Å². The Morgan fingerprint density at radius 1 is 1.26 bits per heavy atom. The average molecular weight is 338 g/mol. The van der Waals surface area contributed by atoms with Crippen LogP contribution in [0.3, 0.4) is 0 Å². The van der Waals surface area contributed by atoms with Crippen molar-refractivity contribution in [1.29, 1.82) is 0 Å². The quantitative estimate of drug-likeness (QED) is 0.757. The van der Waals surface area contributed by atoms with Gasteiger partial charge < -0.3 is 10.1 Å². The second-order valence-electron chi connectivity index (χ2n) is 4.00. The molecule has 2 rings (SSSR count). The average Bonchev–Trinajstić information content (AvgIpc) is 2.83. The van der Waals surface area contributed by atoms with E-state index in [0.717, 1.165) is 24.4 Å². The van der Waals surface area contributed by atoms with E-state index in [-0.39, 0.29) is 0 Å². The predicted molar refractivity (Wildman–Crippen MR) is 84.7 cm³/mol. The predicted octanol–water partition coefficient (Wildman–Crippen LogP) is 4.37. The van der Waals surface area contributed by atoms with Gasteiger partial charge >= 0.3 is 0 Å². The van der Waals surface area contributed by atoms with Gasteiger partial charge in [0.25, 0.3) is 0 Å². The lowest BCUT2D eigenvalue weighted by Crippen LogP contribution is -2.13. The van der Waals surface area contributed by atoms with Crippen LogP contribution in [0.15, 0.2) is 52.8 Å². The van der Waals surface area contributed by atoms with Crippen molar-refractivity contribution in [2.45, 2.75) is 13.1 Å². The molecule has 1 aromatic heterocycles. The highest BCUT2D eigenvalue weighted by molar-refractivity contribution is 9.10. The van der Waals surface area contributed by atoms with Crippen molar-refractivity contribution in [3.63, 3.8) is 0 Å². The number of ether oxygens (including phenoxy) is 1. The minimum absolute atomic E-state index is 0.535. The van der Waals surface area contributed by atoms with Gasteiger partial charge in [0.15, 0.2) is 0 Å². The van der Waals surface area contributed by atoms with Crippen molar-refractivity contribution in [3.8, 4) is 5.75 Å². The Morgan fingerprint density at radius 3 is 2.84 bits per heavy atom. The van der Waals surface area contributed by atoms with Crippen LogP contribution in [0.25, 0.3) is 0 Å². The second-order valence-corrected chi connectivity index (χ2v) is 5.86. The molecule has 0 saturated heterocycles. The second kappa shape index (κ2) is 7.48. The molecule has 0 aliphatic rings. The topological polar surface area (TPSA) is 21.3 Å². The molecule has 1 heterocycles. The molecule has 0 aliphatic carbocycles. The monoisotopic (exact) mass is 337 g/mol. The Labute approximate surface area is 126 Å². The van der Waals surface area contributed by atoms with Gasteiger partial charge in [-0.1, -0.05) is 30.9 Å². The highest BCUT2D eigenvalue weighted by Gasteiger charge is 2.04. The molecule has 19 heavy (non-hydrogen) atoms. The number of hydrogen-bond donors (Lipinski definition) is 1. The van der Waals surface area contributed by atoms with Crippen LogP contribution in [0.2, 0.25) is 0 Å². The Balaban J connectivity index is 1.92. The number of rotatable bonds is 7. The fraction of sp³-hybridized carbons (Fsp3) is 0.200. The van der Waals surface area contributed by atoms with E-state index in [1.54, 1.807) is 17.4 Å². The van der Waals surface area contributed by atoms with Crippen LogP contribution < -0.4 is 10.1 Å². The maximum absolute atomic E-state index is 5.63. The Morgan fingerprint density at radius 2 is 2.11 bits per heavy atom. The zero-order chi connectivity index (χ0) is 13.5. The Hall–Kier alpha value is -1.10. The van der Waals surface area contributed by atoms with Gasteiger partial charge in [0.1, 0.15) is 12.4 Å². The van der Waals surface area contributed by atoms with Crippen molar-refractivity contribution < 1.29 is 4.74 Å². The van der Waals surface area contributed by atoms with Gasteiger partial charge in [0, 0.05) is 28.0 Å². The van der Waals surface area contributed by atoms with E-state index in [4.69, 9.17) is 4.74 Å². The van der Waals surface area contributed by atoms with Crippen LogP contribution in [0.5, 0.6) is 5.75 Å². The molecular weight excluding hydrogens is 322 g/mol. The summed E-state index contributed by atoms with van der Waals surface area (Å²) in [6, 6.07) is 10.1. The molecule has 0 unspecified atom stereocenters. The minimum atomic E-state index is 0.535. The maximum Gasteiger partial charge on any atom is 0.124 e. The Bertz CT molecular complexity index is 538. The van der Waals surface area contributed by atoms with Crippen LogP contribution in [0.1, 0.15) is 10.4 Å². The van der Waals surface area contributed by atoms with Crippen LogP contribution in [-0.2, 0) is 13.1 Å². The number of benzene rings is 1. The van der Waals surface area contributed by atoms with E-state index in [2.05, 4.69) is 45.3 Å². The third-order valence-corrected chi connectivity index (χ3v) is 4.55. The number of halogens is 1. The first-order chi connectivity index (χ1) is 9.31. The van der Waals surface area contributed by atoms with E-state index < -0.39 is 0 Å². The van der Waals surface area contributed by atoms with Gasteiger partial charge in [-0.3, -0.25) is 0 Å². The zero-order valence-electron chi connectivity index (χ0n) is 10.6. The highest BCUT2D eigenvalue weighted by atomic mass is 79.9. The molecule has 1 aromatic carbocycles. The lowest BCUT2D eigenvalue weighted by atomic mass is 10.2. The summed E-state index contributed by atoms with van der Waals surface area (Å²) in [5, 5.41) is 5.52. The SMILES string of the molecule is C=CCOc1ccccc1CNCc1sccc1Br. The highest BCUT2D eigenvalue weighted by Crippen LogP contribution is 2.23. The third-order valence-electron chi connectivity index (χ3n) is 2.62. The third kappa shape index (κ3) is 4.20. The van der Waals surface area contributed by atoms with E-state index in [9.17, 15) is 0 Å². The largest absolute Gasteiger partial charge is 0.489 e. The smallest absolute Gasteiger partial charge is 0.124 e. The minimum Gasteiger partial charge on any atom is -0.489 e. The molecule has 0 atom stereocenters. The summed E-state index contributed by atoms with van der Waals surface area (Å²) in [5.74, 6) is 0.917. The summed E-state index contributed by atoms with van der Waals surface area (Å²) in [6.45, 7) is 5.85. The first-order valence-electron chi connectivity index (χ1n) is 6.05. The van der Waals surface area contributed by atoms with Crippen molar-refractivity contribution in [2.24, 2.45) is 0 Å². The number of para-hydroxylation sites is 1. The molecule has 2 nitrogen and oxygen atoms in total. The molecule has 0 radical (unpaired) electrons. The summed E-state index contributed by atoms with van der Waals surface area (Å²) in [7, 11) is 0. The van der Waals surface area contributed by atoms with Crippen molar-refractivity contribution >= 4 is 27.3 Å². The Kier molecular flexibility index (Phi) is 5.63. The van der Waals surface area contributed by atoms with Gasteiger partial charge in [-0.25, -0.2) is 0 Å². The molecule has 0 amide bonds. The van der Waals surface area contributed by atoms with Gasteiger partial charge in [-0.2, -0.15) is 0 Å². The van der Waals surface area contributed by atoms with Crippen LogP contribution in [0.4, 0.5) is 0 Å². The molecule has 4 heteroatoms. The fourth-order valence-electron chi connectivity index (χ4n) is 1.70. The van der Waals surface area contributed by atoms with E-state index in [1.165, 1.54) is 9.35 Å². The molecule has 0 spiro atoms. The summed E-state index contributed by atoms with van der Waals surface area (Å²) in [6.07, 6.45) is 1.76. The maximum atomic E-state index is 5.63. The molecule has 0 saturated carbocycles. The number of hydrogen-bond acceptors (Lipinski definition) is 3. The molecule has 1 N–H and O–H groups in total.